The third kappa shape index (κ3) is 4.45. The highest BCUT2D eigenvalue weighted by molar-refractivity contribution is 5.79. The van der Waals surface area contributed by atoms with E-state index in [0.29, 0.717) is 17.1 Å². The summed E-state index contributed by atoms with van der Waals surface area (Å²) in [5.41, 5.74) is 1.54. The Kier molecular flexibility index (Phi) is 5.57. The van der Waals surface area contributed by atoms with Crippen LogP contribution in [0.25, 0.3) is 0 Å². The second kappa shape index (κ2) is 7.63. The van der Waals surface area contributed by atoms with Gasteiger partial charge in [0.05, 0.1) is 26.7 Å². The van der Waals surface area contributed by atoms with Crippen LogP contribution in [0.3, 0.4) is 0 Å². The number of halogens is 1. The van der Waals surface area contributed by atoms with Crippen LogP contribution < -0.4 is 14.8 Å². The van der Waals surface area contributed by atoms with E-state index in [0.717, 1.165) is 5.56 Å². The first-order valence-corrected chi connectivity index (χ1v) is 7.29. The average molecular weight is 317 g/mol. The third-order valence-electron chi connectivity index (χ3n) is 3.54. The van der Waals surface area contributed by atoms with Gasteiger partial charge in [-0.15, -0.1) is 0 Å². The maximum absolute atomic E-state index is 13.1. The van der Waals surface area contributed by atoms with Gasteiger partial charge in [-0.3, -0.25) is 4.79 Å². The summed E-state index contributed by atoms with van der Waals surface area (Å²) in [5.74, 6) is 0.729. The predicted molar refractivity (Wildman–Crippen MR) is 86.2 cm³/mol. The van der Waals surface area contributed by atoms with Crippen LogP contribution in [0.2, 0.25) is 0 Å². The summed E-state index contributed by atoms with van der Waals surface area (Å²) in [4.78, 5) is 12.1. The minimum atomic E-state index is -0.344. The van der Waals surface area contributed by atoms with Gasteiger partial charge in [-0.1, -0.05) is 18.2 Å². The molecular weight excluding hydrogens is 297 g/mol. The van der Waals surface area contributed by atoms with Gasteiger partial charge in [0, 0.05) is 0 Å². The molecule has 1 atom stereocenters. The standard InChI is InChI=1S/C18H20FNO3/c1-12(14-7-8-16(22-2)17(11-14)23-3)20-18(21)10-13-5-4-6-15(19)9-13/h4-9,11-12H,10H2,1-3H3,(H,20,21)/t12-/m0/s1. The maximum Gasteiger partial charge on any atom is 0.224 e. The lowest BCUT2D eigenvalue weighted by atomic mass is 10.1. The van der Waals surface area contributed by atoms with Crippen LogP contribution in [0.4, 0.5) is 4.39 Å². The van der Waals surface area contributed by atoms with Gasteiger partial charge in [-0.05, 0) is 42.3 Å². The van der Waals surface area contributed by atoms with E-state index in [1.165, 1.54) is 12.1 Å². The molecule has 0 radical (unpaired) electrons. The fourth-order valence-electron chi connectivity index (χ4n) is 2.33. The van der Waals surface area contributed by atoms with Gasteiger partial charge >= 0.3 is 0 Å². The Morgan fingerprint density at radius 1 is 1.13 bits per heavy atom. The molecule has 0 spiro atoms. The molecule has 2 rings (SSSR count). The minimum Gasteiger partial charge on any atom is -0.493 e. The highest BCUT2D eigenvalue weighted by Gasteiger charge is 2.13. The van der Waals surface area contributed by atoms with Gasteiger partial charge < -0.3 is 14.8 Å². The van der Waals surface area contributed by atoms with Gasteiger partial charge in [0.2, 0.25) is 5.91 Å². The molecule has 0 aliphatic carbocycles. The summed E-state index contributed by atoms with van der Waals surface area (Å²) in [5, 5.41) is 2.90. The summed E-state index contributed by atoms with van der Waals surface area (Å²) in [6.45, 7) is 1.88. The summed E-state index contributed by atoms with van der Waals surface area (Å²) in [6.07, 6.45) is 0.134. The van der Waals surface area contributed by atoms with Gasteiger partial charge in [0.25, 0.3) is 0 Å². The number of carbonyl (C=O) groups is 1. The van der Waals surface area contributed by atoms with Gasteiger partial charge in [0.1, 0.15) is 5.82 Å². The van der Waals surface area contributed by atoms with Crippen molar-refractivity contribution in [3.63, 3.8) is 0 Å². The molecule has 1 N–H and O–H groups in total. The van der Waals surface area contributed by atoms with Crippen molar-refractivity contribution in [2.24, 2.45) is 0 Å². The van der Waals surface area contributed by atoms with Crippen LogP contribution in [0.15, 0.2) is 42.5 Å². The topological polar surface area (TPSA) is 47.6 Å². The van der Waals surface area contributed by atoms with E-state index in [1.807, 2.05) is 19.1 Å². The third-order valence-corrected chi connectivity index (χ3v) is 3.54. The summed E-state index contributed by atoms with van der Waals surface area (Å²) < 4.78 is 23.6. The average Bonchev–Trinajstić information content (AvgIpc) is 2.53. The van der Waals surface area contributed by atoms with Crippen molar-refractivity contribution in [1.82, 2.24) is 5.32 Å². The molecule has 2 aromatic carbocycles. The molecule has 0 aliphatic heterocycles. The lowest BCUT2D eigenvalue weighted by Crippen LogP contribution is -2.28. The molecule has 0 aliphatic rings. The smallest absolute Gasteiger partial charge is 0.224 e. The van der Waals surface area contributed by atoms with Crippen LogP contribution in [-0.2, 0) is 11.2 Å². The van der Waals surface area contributed by atoms with Crippen LogP contribution in [0.5, 0.6) is 11.5 Å². The summed E-state index contributed by atoms with van der Waals surface area (Å²) in [7, 11) is 3.14. The lowest BCUT2D eigenvalue weighted by molar-refractivity contribution is -0.121. The molecule has 0 heterocycles. The number of ether oxygens (including phenoxy) is 2. The predicted octanol–water partition coefficient (Wildman–Crippen LogP) is 3.26. The first-order chi connectivity index (χ1) is 11.0. The molecule has 122 valence electrons. The zero-order valence-corrected chi connectivity index (χ0v) is 13.4. The van der Waals surface area contributed by atoms with Crippen molar-refractivity contribution in [1.29, 1.82) is 0 Å². The van der Waals surface area contributed by atoms with Crippen LogP contribution in [-0.4, -0.2) is 20.1 Å². The molecule has 0 saturated heterocycles. The minimum absolute atomic E-state index is 0.134. The van der Waals surface area contributed by atoms with E-state index >= 15 is 0 Å². The Labute approximate surface area is 135 Å². The van der Waals surface area contributed by atoms with E-state index in [4.69, 9.17) is 9.47 Å². The Morgan fingerprint density at radius 3 is 2.52 bits per heavy atom. The number of rotatable bonds is 6. The summed E-state index contributed by atoms with van der Waals surface area (Å²) in [6, 6.07) is 11.3. The fourth-order valence-corrected chi connectivity index (χ4v) is 2.33. The largest absolute Gasteiger partial charge is 0.493 e. The SMILES string of the molecule is COc1ccc([C@H](C)NC(=O)Cc2cccc(F)c2)cc1OC. The molecule has 0 fully saturated rings. The van der Waals surface area contributed by atoms with Gasteiger partial charge in [-0.2, -0.15) is 0 Å². The van der Waals surface area contributed by atoms with Crippen LogP contribution in [0.1, 0.15) is 24.1 Å². The van der Waals surface area contributed by atoms with E-state index in [1.54, 1.807) is 32.4 Å². The van der Waals surface area contributed by atoms with Crippen molar-refractivity contribution in [2.45, 2.75) is 19.4 Å². The number of hydrogen-bond acceptors (Lipinski definition) is 3. The molecule has 4 nitrogen and oxygen atoms in total. The van der Waals surface area contributed by atoms with Crippen molar-refractivity contribution < 1.29 is 18.7 Å². The maximum atomic E-state index is 13.1. The Balaban J connectivity index is 2.03. The number of carbonyl (C=O) groups excluding carboxylic acids is 1. The van der Waals surface area contributed by atoms with E-state index in [2.05, 4.69) is 5.32 Å². The molecule has 0 aromatic heterocycles. The van der Waals surface area contributed by atoms with Crippen molar-refractivity contribution >= 4 is 5.91 Å². The molecule has 1 amide bonds. The number of amides is 1. The van der Waals surface area contributed by atoms with Gasteiger partial charge in [-0.25, -0.2) is 4.39 Å². The fraction of sp³-hybridized carbons (Fsp3) is 0.278. The van der Waals surface area contributed by atoms with E-state index < -0.39 is 0 Å². The quantitative estimate of drug-likeness (QED) is 0.889. The number of methoxy groups -OCH3 is 2. The molecule has 0 bridgehead atoms. The number of hydrogen-bond donors (Lipinski definition) is 1. The van der Waals surface area contributed by atoms with Crippen molar-refractivity contribution in [2.75, 3.05) is 14.2 Å². The second-order valence-corrected chi connectivity index (χ2v) is 5.21. The first-order valence-electron chi connectivity index (χ1n) is 7.29. The van der Waals surface area contributed by atoms with Crippen LogP contribution >= 0.6 is 0 Å². The molecule has 23 heavy (non-hydrogen) atoms. The van der Waals surface area contributed by atoms with Crippen molar-refractivity contribution in [3.05, 3.63) is 59.4 Å². The van der Waals surface area contributed by atoms with Gasteiger partial charge in [0.15, 0.2) is 11.5 Å². The normalized spacial score (nSPS) is 11.7. The highest BCUT2D eigenvalue weighted by atomic mass is 19.1. The summed E-state index contributed by atoms with van der Waals surface area (Å²) >= 11 is 0. The zero-order chi connectivity index (χ0) is 16.8. The Bertz CT molecular complexity index is 688. The zero-order valence-electron chi connectivity index (χ0n) is 13.4. The van der Waals surface area contributed by atoms with Crippen molar-refractivity contribution in [3.8, 4) is 11.5 Å². The Hall–Kier alpha value is -2.56. The lowest BCUT2D eigenvalue weighted by Gasteiger charge is -2.16. The van der Waals surface area contributed by atoms with E-state index in [9.17, 15) is 9.18 Å². The molecule has 5 heteroatoms. The molecular formula is C18H20FNO3. The van der Waals surface area contributed by atoms with E-state index in [-0.39, 0.29) is 24.2 Å². The molecule has 0 unspecified atom stereocenters. The molecule has 0 saturated carbocycles. The first kappa shape index (κ1) is 16.8. The second-order valence-electron chi connectivity index (χ2n) is 5.21. The monoisotopic (exact) mass is 317 g/mol. The molecule has 2 aromatic rings. The highest BCUT2D eigenvalue weighted by Crippen LogP contribution is 2.29. The van der Waals surface area contributed by atoms with Crippen LogP contribution in [0, 0.1) is 5.82 Å². The Morgan fingerprint density at radius 2 is 1.87 bits per heavy atom. The number of benzene rings is 2. The number of nitrogens with one attached hydrogen (secondary N) is 1.